The van der Waals surface area contributed by atoms with Crippen LogP contribution in [0.25, 0.3) is 6.08 Å². The van der Waals surface area contributed by atoms with E-state index in [1.807, 2.05) is 0 Å². The maximum atomic E-state index is 12.0. The normalized spacial score (nSPS) is 11.3. The van der Waals surface area contributed by atoms with E-state index >= 15 is 0 Å². The van der Waals surface area contributed by atoms with Gasteiger partial charge in [0, 0.05) is 23.9 Å². The van der Waals surface area contributed by atoms with Crippen molar-refractivity contribution in [3.63, 3.8) is 0 Å². The summed E-state index contributed by atoms with van der Waals surface area (Å²) in [6.45, 7) is 0. The van der Waals surface area contributed by atoms with E-state index in [1.54, 1.807) is 6.07 Å². The summed E-state index contributed by atoms with van der Waals surface area (Å²) in [5.74, 6) is -0.950. The Morgan fingerprint density at radius 3 is 2.44 bits per heavy atom. The number of anilines is 1. The minimum Gasteiger partial charge on any atom is -0.406 e. The molecule has 0 aliphatic heterocycles. The molecule has 0 atom stereocenters. The lowest BCUT2D eigenvalue weighted by Crippen LogP contribution is -2.17. The van der Waals surface area contributed by atoms with E-state index in [4.69, 9.17) is 0 Å². The predicted octanol–water partition coefficient (Wildman–Crippen LogP) is 4.15. The minimum atomic E-state index is -4.79. The zero-order valence-electron chi connectivity index (χ0n) is 12.5. The van der Waals surface area contributed by atoms with E-state index in [2.05, 4.69) is 10.1 Å². The van der Waals surface area contributed by atoms with Crippen molar-refractivity contribution in [1.82, 2.24) is 0 Å². The van der Waals surface area contributed by atoms with Gasteiger partial charge >= 0.3 is 6.36 Å². The van der Waals surface area contributed by atoms with Gasteiger partial charge in [0.15, 0.2) is 0 Å². The summed E-state index contributed by atoms with van der Waals surface area (Å²) in [6, 6.07) is 10.3. The first kappa shape index (κ1) is 18.0. The van der Waals surface area contributed by atoms with E-state index in [1.165, 1.54) is 36.4 Å². The number of nitro benzene ring substituents is 1. The first-order valence-electron chi connectivity index (χ1n) is 6.82. The van der Waals surface area contributed by atoms with Crippen LogP contribution in [0, 0.1) is 10.1 Å². The van der Waals surface area contributed by atoms with Crippen LogP contribution in [0.15, 0.2) is 54.6 Å². The molecule has 0 saturated heterocycles. The second kappa shape index (κ2) is 7.47. The van der Waals surface area contributed by atoms with E-state index in [-0.39, 0.29) is 11.4 Å². The van der Waals surface area contributed by atoms with Gasteiger partial charge in [-0.25, -0.2) is 0 Å². The summed E-state index contributed by atoms with van der Waals surface area (Å²) in [7, 11) is 0. The molecular weight excluding hydrogens is 341 g/mol. The number of nitrogens with one attached hydrogen (secondary N) is 1. The molecule has 130 valence electrons. The van der Waals surface area contributed by atoms with Crippen molar-refractivity contribution in [3.05, 3.63) is 70.3 Å². The van der Waals surface area contributed by atoms with Crippen LogP contribution in [-0.4, -0.2) is 17.2 Å². The highest BCUT2D eigenvalue weighted by Crippen LogP contribution is 2.24. The number of halogens is 3. The fourth-order valence-electron chi connectivity index (χ4n) is 1.84. The Morgan fingerprint density at radius 2 is 1.84 bits per heavy atom. The number of alkyl halides is 3. The number of nitrogens with zero attached hydrogens (tertiary/aromatic N) is 1. The fraction of sp³-hybridized carbons (Fsp3) is 0.0625. The van der Waals surface area contributed by atoms with Crippen molar-refractivity contribution in [2.24, 2.45) is 0 Å². The lowest BCUT2D eigenvalue weighted by atomic mass is 10.2. The molecule has 25 heavy (non-hydrogen) atoms. The van der Waals surface area contributed by atoms with Gasteiger partial charge in [-0.3, -0.25) is 14.9 Å². The van der Waals surface area contributed by atoms with Crippen LogP contribution in [0.3, 0.4) is 0 Å². The first-order valence-corrected chi connectivity index (χ1v) is 6.82. The molecule has 2 rings (SSSR count). The Labute approximate surface area is 139 Å². The lowest BCUT2D eigenvalue weighted by molar-refractivity contribution is -0.384. The SMILES string of the molecule is O=C(C=Cc1cccc([N+](=O)[O-])c1)Nc1ccc(OC(F)(F)F)cc1. The highest BCUT2D eigenvalue weighted by atomic mass is 19.4. The van der Waals surface area contributed by atoms with Crippen LogP contribution >= 0.6 is 0 Å². The number of hydrogen-bond donors (Lipinski definition) is 1. The third-order valence-electron chi connectivity index (χ3n) is 2.86. The Hall–Kier alpha value is -3.36. The summed E-state index contributed by atoms with van der Waals surface area (Å²) in [4.78, 5) is 21.9. The second-order valence-corrected chi connectivity index (χ2v) is 4.75. The Balaban J connectivity index is 1.98. The Bertz CT molecular complexity index is 802. The zero-order chi connectivity index (χ0) is 18.4. The number of carbonyl (C=O) groups excluding carboxylic acids is 1. The summed E-state index contributed by atoms with van der Waals surface area (Å²) < 4.78 is 39.9. The largest absolute Gasteiger partial charge is 0.573 e. The Kier molecular flexibility index (Phi) is 5.38. The van der Waals surface area contributed by atoms with Crippen molar-refractivity contribution in [3.8, 4) is 5.75 Å². The van der Waals surface area contributed by atoms with Crippen molar-refractivity contribution in [2.75, 3.05) is 5.32 Å². The van der Waals surface area contributed by atoms with E-state index in [0.29, 0.717) is 5.56 Å². The maximum Gasteiger partial charge on any atom is 0.573 e. The summed E-state index contributed by atoms with van der Waals surface area (Å²) in [5.41, 5.74) is 0.615. The molecule has 0 radical (unpaired) electrons. The van der Waals surface area contributed by atoms with Gasteiger partial charge in [0.25, 0.3) is 5.69 Å². The monoisotopic (exact) mass is 352 g/mol. The molecule has 0 fully saturated rings. The predicted molar refractivity (Wildman–Crippen MR) is 83.9 cm³/mol. The Morgan fingerprint density at radius 1 is 1.16 bits per heavy atom. The number of rotatable bonds is 5. The van der Waals surface area contributed by atoms with Crippen LogP contribution in [0.2, 0.25) is 0 Å². The first-order chi connectivity index (χ1) is 11.7. The van der Waals surface area contributed by atoms with Crippen molar-refractivity contribution in [2.45, 2.75) is 6.36 Å². The molecule has 1 amide bonds. The van der Waals surface area contributed by atoms with Crippen molar-refractivity contribution < 1.29 is 27.6 Å². The van der Waals surface area contributed by atoms with Gasteiger partial charge in [0.2, 0.25) is 5.91 Å². The fourth-order valence-corrected chi connectivity index (χ4v) is 1.84. The van der Waals surface area contributed by atoms with E-state index < -0.39 is 22.9 Å². The standard InChI is InChI=1S/C16H11F3N2O4/c17-16(18,19)25-14-7-5-12(6-8-14)20-15(22)9-4-11-2-1-3-13(10-11)21(23)24/h1-10H,(H,20,22). The van der Waals surface area contributed by atoms with Gasteiger partial charge in [0.1, 0.15) is 5.75 Å². The molecule has 0 unspecified atom stereocenters. The molecule has 2 aromatic carbocycles. The van der Waals surface area contributed by atoms with E-state index in [9.17, 15) is 28.1 Å². The molecule has 0 spiro atoms. The molecular formula is C16H11F3N2O4. The summed E-state index contributed by atoms with van der Waals surface area (Å²) >= 11 is 0. The van der Waals surface area contributed by atoms with Gasteiger partial charge in [-0.15, -0.1) is 13.2 Å². The van der Waals surface area contributed by atoms with Crippen LogP contribution in [0.4, 0.5) is 24.5 Å². The molecule has 6 nitrogen and oxygen atoms in total. The van der Waals surface area contributed by atoms with Gasteiger partial charge in [0.05, 0.1) is 4.92 Å². The number of ether oxygens (including phenoxy) is 1. The minimum absolute atomic E-state index is 0.109. The quantitative estimate of drug-likeness (QED) is 0.498. The summed E-state index contributed by atoms with van der Waals surface area (Å²) in [5, 5.41) is 13.1. The molecule has 0 heterocycles. The van der Waals surface area contributed by atoms with Crippen LogP contribution in [-0.2, 0) is 4.79 Å². The van der Waals surface area contributed by atoms with Crippen LogP contribution in [0.1, 0.15) is 5.56 Å². The van der Waals surface area contributed by atoms with Crippen LogP contribution < -0.4 is 10.1 Å². The van der Waals surface area contributed by atoms with Gasteiger partial charge in [-0.1, -0.05) is 12.1 Å². The summed E-state index contributed by atoms with van der Waals surface area (Å²) in [6.07, 6.45) is -2.26. The van der Waals surface area contributed by atoms with Crippen molar-refractivity contribution in [1.29, 1.82) is 0 Å². The topological polar surface area (TPSA) is 81.5 Å². The molecule has 0 saturated carbocycles. The number of hydrogen-bond acceptors (Lipinski definition) is 4. The van der Waals surface area contributed by atoms with Gasteiger partial charge in [-0.2, -0.15) is 0 Å². The molecule has 0 aliphatic rings. The van der Waals surface area contributed by atoms with Crippen molar-refractivity contribution >= 4 is 23.4 Å². The highest BCUT2D eigenvalue weighted by molar-refractivity contribution is 6.01. The molecule has 0 aliphatic carbocycles. The molecule has 0 aromatic heterocycles. The number of amides is 1. The number of benzene rings is 2. The second-order valence-electron chi connectivity index (χ2n) is 4.75. The number of carbonyl (C=O) groups is 1. The lowest BCUT2D eigenvalue weighted by Gasteiger charge is -2.09. The average Bonchev–Trinajstić information content (AvgIpc) is 2.54. The molecule has 1 N–H and O–H groups in total. The zero-order valence-corrected chi connectivity index (χ0v) is 12.5. The maximum absolute atomic E-state index is 12.0. The molecule has 9 heteroatoms. The van der Waals surface area contributed by atoms with E-state index in [0.717, 1.165) is 18.2 Å². The number of nitro groups is 1. The number of non-ortho nitro benzene ring substituents is 1. The molecule has 2 aromatic rings. The average molecular weight is 352 g/mol. The van der Waals surface area contributed by atoms with Gasteiger partial charge < -0.3 is 10.1 Å². The molecule has 0 bridgehead atoms. The van der Waals surface area contributed by atoms with Crippen LogP contribution in [0.5, 0.6) is 5.75 Å². The van der Waals surface area contributed by atoms with Gasteiger partial charge in [-0.05, 0) is 35.9 Å². The third-order valence-corrected chi connectivity index (χ3v) is 2.86. The third kappa shape index (κ3) is 5.98. The smallest absolute Gasteiger partial charge is 0.406 e. The highest BCUT2D eigenvalue weighted by Gasteiger charge is 2.30.